The molecule has 2 aromatic carbocycles. The fourth-order valence-electron chi connectivity index (χ4n) is 2.37. The van der Waals surface area contributed by atoms with Gasteiger partial charge >= 0.3 is 0 Å². The van der Waals surface area contributed by atoms with Gasteiger partial charge in [-0.25, -0.2) is 4.39 Å². The number of nitrogens with one attached hydrogen (secondary N) is 1. The zero-order chi connectivity index (χ0) is 20.1. The Balaban J connectivity index is 1.62. The molecule has 144 valence electrons. The lowest BCUT2D eigenvalue weighted by Crippen LogP contribution is -2.27. The molecule has 0 spiro atoms. The number of carbonyl (C=O) groups is 2. The molecule has 0 unspecified atom stereocenters. The summed E-state index contributed by atoms with van der Waals surface area (Å²) in [4.78, 5) is 26.6. The molecule has 0 bridgehead atoms. The van der Waals surface area contributed by atoms with Crippen molar-refractivity contribution in [1.29, 1.82) is 0 Å². The van der Waals surface area contributed by atoms with E-state index in [0.29, 0.717) is 26.8 Å². The topological polar surface area (TPSA) is 58.6 Å². The Kier molecular flexibility index (Phi) is 6.06. The minimum absolute atomic E-state index is 0.0489. The predicted octanol–water partition coefficient (Wildman–Crippen LogP) is 4.27. The van der Waals surface area contributed by atoms with E-state index in [0.717, 1.165) is 0 Å². The van der Waals surface area contributed by atoms with Crippen LogP contribution in [0.5, 0.6) is 5.75 Å². The van der Waals surface area contributed by atoms with E-state index in [2.05, 4.69) is 5.32 Å². The maximum Gasteiger partial charge on any atom is 0.265 e. The van der Waals surface area contributed by atoms with Crippen molar-refractivity contribution < 1.29 is 18.7 Å². The quantitative estimate of drug-likeness (QED) is 0.675. The molecule has 3 aromatic rings. The monoisotopic (exact) mass is 398 g/mol. The Labute approximate surface area is 166 Å². The molecule has 0 aliphatic heterocycles. The summed E-state index contributed by atoms with van der Waals surface area (Å²) >= 11 is 1.23. The molecule has 1 aromatic heterocycles. The SMILES string of the molecule is CN(C)C(=O)COc1ccc(NC(=O)c2ccc(-c3ccccc3F)s2)cc1. The maximum atomic E-state index is 13.9. The molecule has 2 amide bonds. The summed E-state index contributed by atoms with van der Waals surface area (Å²) in [5, 5.41) is 2.79. The first-order valence-corrected chi connectivity index (χ1v) is 9.35. The number of halogens is 1. The van der Waals surface area contributed by atoms with Crippen LogP contribution in [0, 0.1) is 5.82 Å². The number of rotatable bonds is 6. The van der Waals surface area contributed by atoms with E-state index in [1.165, 1.54) is 22.3 Å². The third kappa shape index (κ3) is 4.75. The molecule has 0 radical (unpaired) electrons. The average Bonchev–Trinajstić information content (AvgIpc) is 3.17. The van der Waals surface area contributed by atoms with Gasteiger partial charge in [0.25, 0.3) is 11.8 Å². The molecule has 0 saturated carbocycles. The van der Waals surface area contributed by atoms with Gasteiger partial charge in [0.05, 0.1) is 4.88 Å². The van der Waals surface area contributed by atoms with Crippen LogP contribution in [0.3, 0.4) is 0 Å². The van der Waals surface area contributed by atoms with Crippen molar-refractivity contribution in [3.05, 3.63) is 71.4 Å². The summed E-state index contributed by atoms with van der Waals surface area (Å²) in [6, 6.07) is 16.6. The van der Waals surface area contributed by atoms with E-state index in [1.807, 2.05) is 0 Å². The molecule has 5 nitrogen and oxygen atoms in total. The van der Waals surface area contributed by atoms with Crippen LogP contribution in [0.2, 0.25) is 0 Å². The number of hydrogen-bond acceptors (Lipinski definition) is 4. The number of nitrogens with zero attached hydrogens (tertiary/aromatic N) is 1. The van der Waals surface area contributed by atoms with Gasteiger partial charge in [0.1, 0.15) is 11.6 Å². The van der Waals surface area contributed by atoms with Crippen LogP contribution in [-0.2, 0) is 4.79 Å². The van der Waals surface area contributed by atoms with E-state index < -0.39 is 0 Å². The summed E-state index contributed by atoms with van der Waals surface area (Å²) in [5.41, 5.74) is 1.07. The van der Waals surface area contributed by atoms with E-state index >= 15 is 0 Å². The van der Waals surface area contributed by atoms with Crippen molar-refractivity contribution in [2.75, 3.05) is 26.0 Å². The highest BCUT2D eigenvalue weighted by Crippen LogP contribution is 2.30. The maximum absolute atomic E-state index is 13.9. The van der Waals surface area contributed by atoms with Gasteiger partial charge in [0, 0.05) is 30.2 Å². The molecule has 3 rings (SSSR count). The third-order valence-corrected chi connectivity index (χ3v) is 5.06. The van der Waals surface area contributed by atoms with E-state index in [9.17, 15) is 14.0 Å². The van der Waals surface area contributed by atoms with E-state index in [-0.39, 0.29) is 24.2 Å². The first kappa shape index (κ1) is 19.6. The molecule has 0 saturated heterocycles. The minimum Gasteiger partial charge on any atom is -0.484 e. The van der Waals surface area contributed by atoms with Crippen LogP contribution in [0.25, 0.3) is 10.4 Å². The molecule has 0 fully saturated rings. The number of ether oxygens (including phenoxy) is 1. The molecule has 28 heavy (non-hydrogen) atoms. The third-order valence-electron chi connectivity index (χ3n) is 3.94. The number of benzene rings is 2. The number of likely N-dealkylation sites (N-methyl/N-ethyl adjacent to an activating group) is 1. The highest BCUT2D eigenvalue weighted by molar-refractivity contribution is 7.17. The van der Waals surface area contributed by atoms with Crippen LogP contribution in [0.4, 0.5) is 10.1 Å². The zero-order valence-electron chi connectivity index (χ0n) is 15.4. The number of amides is 2. The van der Waals surface area contributed by atoms with Crippen LogP contribution in [-0.4, -0.2) is 37.4 Å². The molecule has 1 heterocycles. The van der Waals surface area contributed by atoms with E-state index in [4.69, 9.17) is 4.74 Å². The fraction of sp³-hybridized carbons (Fsp3) is 0.143. The summed E-state index contributed by atoms with van der Waals surface area (Å²) in [5.74, 6) is -0.199. The lowest BCUT2D eigenvalue weighted by molar-refractivity contribution is -0.130. The molecular weight excluding hydrogens is 379 g/mol. The summed E-state index contributed by atoms with van der Waals surface area (Å²) in [6.07, 6.45) is 0. The first-order valence-electron chi connectivity index (χ1n) is 8.53. The Morgan fingerprint density at radius 3 is 2.43 bits per heavy atom. The van der Waals surface area contributed by atoms with Crippen molar-refractivity contribution in [3.8, 4) is 16.2 Å². The largest absolute Gasteiger partial charge is 0.484 e. The van der Waals surface area contributed by atoms with Gasteiger partial charge in [-0.1, -0.05) is 18.2 Å². The normalized spacial score (nSPS) is 10.4. The second-order valence-electron chi connectivity index (χ2n) is 6.20. The van der Waals surface area contributed by atoms with Gasteiger partial charge < -0.3 is 15.0 Å². The number of thiophene rings is 1. The fourth-order valence-corrected chi connectivity index (χ4v) is 3.30. The van der Waals surface area contributed by atoms with Gasteiger partial charge in [-0.15, -0.1) is 11.3 Å². The second-order valence-corrected chi connectivity index (χ2v) is 7.28. The van der Waals surface area contributed by atoms with Crippen LogP contribution in [0.15, 0.2) is 60.7 Å². The van der Waals surface area contributed by atoms with Gasteiger partial charge in [-0.2, -0.15) is 0 Å². The standard InChI is InChI=1S/C21H19FN2O3S/c1-24(2)20(25)13-27-15-9-7-14(8-10-15)23-21(26)19-12-11-18(28-19)16-5-3-4-6-17(16)22/h3-12H,13H2,1-2H3,(H,23,26). The van der Waals surface area contributed by atoms with Crippen molar-refractivity contribution in [2.24, 2.45) is 0 Å². The van der Waals surface area contributed by atoms with Crippen LogP contribution in [0.1, 0.15) is 9.67 Å². The molecule has 1 N–H and O–H groups in total. The smallest absolute Gasteiger partial charge is 0.265 e. The number of hydrogen-bond donors (Lipinski definition) is 1. The summed E-state index contributed by atoms with van der Waals surface area (Å²) in [6.45, 7) is -0.0489. The summed E-state index contributed by atoms with van der Waals surface area (Å²) in [7, 11) is 3.32. The Morgan fingerprint density at radius 2 is 1.75 bits per heavy atom. The summed E-state index contributed by atoms with van der Waals surface area (Å²) < 4.78 is 19.3. The minimum atomic E-state index is -0.320. The molecule has 0 aliphatic carbocycles. The Hall–Kier alpha value is -3.19. The number of carbonyl (C=O) groups excluding carboxylic acids is 2. The van der Waals surface area contributed by atoms with Gasteiger partial charge in [-0.05, 0) is 42.5 Å². The van der Waals surface area contributed by atoms with Crippen LogP contribution < -0.4 is 10.1 Å². The van der Waals surface area contributed by atoms with Crippen molar-refractivity contribution in [2.45, 2.75) is 0 Å². The van der Waals surface area contributed by atoms with E-state index in [1.54, 1.807) is 68.7 Å². The molecular formula is C21H19FN2O3S. The highest BCUT2D eigenvalue weighted by Gasteiger charge is 2.13. The zero-order valence-corrected chi connectivity index (χ0v) is 16.3. The van der Waals surface area contributed by atoms with Crippen molar-refractivity contribution in [3.63, 3.8) is 0 Å². The van der Waals surface area contributed by atoms with Gasteiger partial charge in [0.2, 0.25) is 0 Å². The van der Waals surface area contributed by atoms with Gasteiger partial charge in [0.15, 0.2) is 6.61 Å². The highest BCUT2D eigenvalue weighted by atomic mass is 32.1. The molecule has 0 aliphatic rings. The average molecular weight is 398 g/mol. The molecule has 0 atom stereocenters. The van der Waals surface area contributed by atoms with Crippen molar-refractivity contribution >= 4 is 28.8 Å². The second kappa shape index (κ2) is 8.67. The number of anilines is 1. The van der Waals surface area contributed by atoms with Crippen molar-refractivity contribution in [1.82, 2.24) is 4.90 Å². The Morgan fingerprint density at radius 1 is 1.04 bits per heavy atom. The lowest BCUT2D eigenvalue weighted by Gasteiger charge is -2.11. The first-order chi connectivity index (χ1) is 13.4. The lowest BCUT2D eigenvalue weighted by atomic mass is 10.2. The predicted molar refractivity (Wildman–Crippen MR) is 108 cm³/mol. The Bertz CT molecular complexity index is 983. The molecule has 7 heteroatoms. The van der Waals surface area contributed by atoms with Crippen LogP contribution >= 0.6 is 11.3 Å². The van der Waals surface area contributed by atoms with Gasteiger partial charge in [-0.3, -0.25) is 9.59 Å².